The molecule has 0 aromatic carbocycles. The van der Waals surface area contributed by atoms with Crippen LogP contribution in [-0.4, -0.2) is 21.3 Å². The van der Waals surface area contributed by atoms with E-state index >= 15 is 0 Å². The first-order chi connectivity index (χ1) is 12.8. The Bertz CT molecular complexity index is 555. The van der Waals surface area contributed by atoms with E-state index < -0.39 is 0 Å². The summed E-state index contributed by atoms with van der Waals surface area (Å²) in [5, 5.41) is 0. The third-order valence-corrected chi connectivity index (χ3v) is 8.59. The van der Waals surface area contributed by atoms with Gasteiger partial charge in [-0.15, -0.1) is 0 Å². The fourth-order valence-electron chi connectivity index (χ4n) is 4.15. The Balaban J connectivity index is 0.000000189. The average Bonchev–Trinajstić information content (AvgIpc) is 2.76. The Labute approximate surface area is 180 Å². The van der Waals surface area contributed by atoms with Gasteiger partial charge >= 0.3 is 0 Å². The average molecular weight is 474 g/mol. The van der Waals surface area contributed by atoms with Crippen LogP contribution < -0.4 is 0 Å². The van der Waals surface area contributed by atoms with E-state index in [9.17, 15) is 0 Å². The molecule has 2 heterocycles. The van der Waals surface area contributed by atoms with Crippen LogP contribution in [0.5, 0.6) is 0 Å². The van der Waals surface area contributed by atoms with Gasteiger partial charge in [0.2, 0.25) is 0 Å². The maximum Gasteiger partial charge on any atom is 0.0886 e. The van der Waals surface area contributed by atoms with Crippen molar-refractivity contribution in [3.63, 3.8) is 0 Å². The van der Waals surface area contributed by atoms with Gasteiger partial charge in [0.15, 0.2) is 0 Å². The third-order valence-electron chi connectivity index (χ3n) is 5.68. The standard InChI is InChI=1S/C13H24P.C10H8N2.Pd/c1-14(12-8-4-2-5-9-12)13-10-6-3-7-11-13;1-3-7-11-9(5-1)10-6-2-4-8-12-10;/h12-13H,1-11H2;1-8H;/q-1;;. The molecule has 4 heteroatoms. The monoisotopic (exact) mass is 473 g/mol. The van der Waals surface area contributed by atoms with Gasteiger partial charge in [0.25, 0.3) is 0 Å². The zero-order valence-corrected chi connectivity index (χ0v) is 18.7. The molecule has 2 saturated carbocycles. The van der Waals surface area contributed by atoms with E-state index in [4.69, 9.17) is 0 Å². The van der Waals surface area contributed by atoms with Crippen molar-refractivity contribution in [1.82, 2.24) is 9.97 Å². The van der Waals surface area contributed by atoms with Crippen LogP contribution in [0.4, 0.5) is 0 Å². The maximum absolute atomic E-state index is 4.55. The molecule has 0 atom stereocenters. The van der Waals surface area contributed by atoms with Gasteiger partial charge in [-0.25, -0.2) is 0 Å². The Morgan fingerprint density at radius 3 is 1.41 bits per heavy atom. The molecule has 2 aliphatic rings. The Morgan fingerprint density at radius 2 is 1.07 bits per heavy atom. The number of rotatable bonds is 3. The number of hydrogen-bond donors (Lipinski definition) is 0. The molecule has 0 bridgehead atoms. The molecule has 0 aliphatic heterocycles. The first-order valence-corrected chi connectivity index (χ1v) is 11.9. The zero-order valence-electron chi connectivity index (χ0n) is 16.2. The molecular weight excluding hydrogens is 442 g/mol. The van der Waals surface area contributed by atoms with Crippen molar-refractivity contribution >= 4 is 7.92 Å². The predicted molar refractivity (Wildman–Crippen MR) is 113 cm³/mol. The van der Waals surface area contributed by atoms with Gasteiger partial charge in [-0.05, 0) is 61.3 Å². The van der Waals surface area contributed by atoms with Crippen LogP contribution >= 0.6 is 7.92 Å². The van der Waals surface area contributed by atoms with E-state index in [2.05, 4.69) is 16.6 Å². The fourth-order valence-corrected chi connectivity index (χ4v) is 6.81. The van der Waals surface area contributed by atoms with Crippen molar-refractivity contribution in [3.8, 4) is 11.4 Å². The van der Waals surface area contributed by atoms with Gasteiger partial charge < -0.3 is 6.66 Å². The summed E-state index contributed by atoms with van der Waals surface area (Å²) >= 11 is 0. The number of hydrogen-bond acceptors (Lipinski definition) is 2. The molecule has 0 N–H and O–H groups in total. The number of aromatic nitrogens is 2. The second kappa shape index (κ2) is 12.8. The summed E-state index contributed by atoms with van der Waals surface area (Å²) < 4.78 is 0. The van der Waals surface area contributed by atoms with E-state index in [1.165, 1.54) is 64.2 Å². The van der Waals surface area contributed by atoms with Gasteiger partial charge in [-0.1, -0.05) is 50.7 Å². The summed E-state index contributed by atoms with van der Waals surface area (Å²) in [5.41, 5.74) is 3.92. The molecule has 4 rings (SSSR count). The topological polar surface area (TPSA) is 25.8 Å². The summed E-state index contributed by atoms with van der Waals surface area (Å²) in [4.78, 5) is 8.37. The SMILES string of the molecule is [CH2-]P(C1CCCCC1)C1CCCCC1.[Pd].c1ccc(-c2ccccn2)nc1. The third kappa shape index (κ3) is 7.38. The molecule has 2 nitrogen and oxygen atoms in total. The fraction of sp³-hybridized carbons (Fsp3) is 0.522. The smallest absolute Gasteiger partial charge is 0.0886 e. The van der Waals surface area contributed by atoms with Crippen molar-refractivity contribution in [3.05, 3.63) is 55.5 Å². The quantitative estimate of drug-likeness (QED) is 0.271. The molecular formula is C23H32N2PPd-. The van der Waals surface area contributed by atoms with Crippen LogP contribution in [0.1, 0.15) is 64.2 Å². The zero-order chi connectivity index (χ0) is 18.0. The summed E-state index contributed by atoms with van der Waals surface area (Å²) in [6, 6.07) is 11.6. The van der Waals surface area contributed by atoms with Gasteiger partial charge in [0, 0.05) is 32.8 Å². The Hall–Kier alpha value is -0.608. The molecule has 0 spiro atoms. The van der Waals surface area contributed by atoms with Crippen LogP contribution in [0, 0.1) is 6.66 Å². The molecule has 2 aromatic heterocycles. The summed E-state index contributed by atoms with van der Waals surface area (Å²) in [6.45, 7) is 4.55. The second-order valence-electron chi connectivity index (χ2n) is 7.53. The maximum atomic E-state index is 4.55. The molecule has 150 valence electrons. The van der Waals surface area contributed by atoms with E-state index in [-0.39, 0.29) is 28.3 Å². The van der Waals surface area contributed by atoms with Crippen LogP contribution in [0.3, 0.4) is 0 Å². The molecule has 2 aliphatic carbocycles. The minimum absolute atomic E-state index is 0. The van der Waals surface area contributed by atoms with E-state index in [0.29, 0.717) is 0 Å². The molecule has 0 amide bonds. The second-order valence-corrected chi connectivity index (χ2v) is 10.0. The molecule has 27 heavy (non-hydrogen) atoms. The summed E-state index contributed by atoms with van der Waals surface area (Å²) in [6.07, 6.45) is 18.5. The van der Waals surface area contributed by atoms with Crippen LogP contribution in [0.2, 0.25) is 0 Å². The molecule has 2 aromatic rings. The first kappa shape index (κ1) is 22.7. The Kier molecular flexibility index (Phi) is 10.7. The predicted octanol–water partition coefficient (Wildman–Crippen LogP) is 7.07. The number of pyridine rings is 2. The molecule has 0 unspecified atom stereocenters. The van der Waals surface area contributed by atoms with Crippen molar-refractivity contribution in [1.29, 1.82) is 0 Å². The molecule has 2 fully saturated rings. The van der Waals surface area contributed by atoms with E-state index in [0.717, 1.165) is 22.7 Å². The largest absolute Gasteiger partial charge is 0.316 e. The normalized spacial score (nSPS) is 18.3. The van der Waals surface area contributed by atoms with Gasteiger partial charge in [0.05, 0.1) is 11.4 Å². The molecule has 0 saturated heterocycles. The van der Waals surface area contributed by atoms with E-state index in [1.807, 2.05) is 36.4 Å². The van der Waals surface area contributed by atoms with Crippen LogP contribution in [0.25, 0.3) is 11.4 Å². The summed E-state index contributed by atoms with van der Waals surface area (Å²) in [5.74, 6) is 0. The van der Waals surface area contributed by atoms with Crippen molar-refractivity contribution in [2.45, 2.75) is 75.5 Å². The van der Waals surface area contributed by atoms with E-state index in [1.54, 1.807) is 12.4 Å². The summed E-state index contributed by atoms with van der Waals surface area (Å²) in [7, 11) is 0.133. The van der Waals surface area contributed by atoms with Crippen LogP contribution in [0.15, 0.2) is 48.8 Å². The van der Waals surface area contributed by atoms with Gasteiger partial charge in [-0.3, -0.25) is 17.9 Å². The van der Waals surface area contributed by atoms with Crippen LogP contribution in [-0.2, 0) is 20.4 Å². The first-order valence-electron chi connectivity index (χ1n) is 10.3. The number of nitrogens with zero attached hydrogens (tertiary/aromatic N) is 2. The molecule has 0 radical (unpaired) electrons. The van der Waals surface area contributed by atoms with Crippen molar-refractivity contribution in [2.75, 3.05) is 0 Å². The Morgan fingerprint density at radius 1 is 0.667 bits per heavy atom. The van der Waals surface area contributed by atoms with Gasteiger partial charge in [-0.2, -0.15) is 0 Å². The van der Waals surface area contributed by atoms with Crippen molar-refractivity contribution in [2.24, 2.45) is 0 Å². The van der Waals surface area contributed by atoms with Crippen molar-refractivity contribution < 1.29 is 20.4 Å². The van der Waals surface area contributed by atoms with Gasteiger partial charge in [0.1, 0.15) is 0 Å². The minimum atomic E-state index is 0. The minimum Gasteiger partial charge on any atom is -0.316 e.